The van der Waals surface area contributed by atoms with Crippen LogP contribution >= 0.6 is 11.3 Å². The molecular weight excluding hydrogens is 412 g/mol. The van der Waals surface area contributed by atoms with Crippen molar-refractivity contribution in [3.63, 3.8) is 0 Å². The number of nitrogens with zero attached hydrogens (tertiary/aromatic N) is 4. The molecule has 0 spiro atoms. The Bertz CT molecular complexity index is 975. The van der Waals surface area contributed by atoms with Crippen molar-refractivity contribution in [2.24, 2.45) is 5.92 Å². The molecule has 3 heterocycles. The summed E-state index contributed by atoms with van der Waals surface area (Å²) in [5.74, 6) is 0.703. The lowest BCUT2D eigenvalue weighted by Crippen LogP contribution is -2.37. The van der Waals surface area contributed by atoms with Gasteiger partial charge in [0.1, 0.15) is 15.5 Å². The van der Waals surface area contributed by atoms with Gasteiger partial charge in [0.05, 0.1) is 10.7 Å². The molecule has 0 atom stereocenters. The van der Waals surface area contributed by atoms with E-state index in [-0.39, 0.29) is 23.1 Å². The van der Waals surface area contributed by atoms with Gasteiger partial charge in [-0.1, -0.05) is 19.0 Å². The minimum Gasteiger partial charge on any atom is -0.360 e. The molecule has 8 nitrogen and oxygen atoms in total. The van der Waals surface area contributed by atoms with E-state index in [1.807, 2.05) is 6.92 Å². The first-order valence-corrected chi connectivity index (χ1v) is 12.1. The van der Waals surface area contributed by atoms with Gasteiger partial charge in [-0.05, 0) is 33.1 Å². The van der Waals surface area contributed by atoms with Crippen molar-refractivity contribution in [3.05, 3.63) is 27.0 Å². The summed E-state index contributed by atoms with van der Waals surface area (Å²) >= 11 is 1.45. The maximum atomic E-state index is 13.1. The maximum absolute atomic E-state index is 13.1. The largest absolute Gasteiger partial charge is 0.360 e. The number of amides is 1. The van der Waals surface area contributed by atoms with Crippen molar-refractivity contribution < 1.29 is 17.7 Å². The van der Waals surface area contributed by atoms with Crippen molar-refractivity contribution in [3.8, 4) is 0 Å². The predicted octanol–water partition coefficient (Wildman–Crippen LogP) is 2.79. The number of aromatic nitrogens is 2. The fraction of sp³-hybridized carbons (Fsp3) is 0.632. The van der Waals surface area contributed by atoms with Crippen LogP contribution in [0.15, 0.2) is 9.42 Å². The van der Waals surface area contributed by atoms with Gasteiger partial charge < -0.3 is 9.42 Å². The smallest absolute Gasteiger partial charge is 0.265 e. The minimum absolute atomic E-state index is 0.0633. The van der Waals surface area contributed by atoms with Gasteiger partial charge in [0.2, 0.25) is 10.0 Å². The Balaban J connectivity index is 1.75. The van der Waals surface area contributed by atoms with Gasteiger partial charge in [0.25, 0.3) is 5.91 Å². The molecule has 2 aromatic heterocycles. The molecule has 1 saturated heterocycles. The second-order valence-corrected chi connectivity index (χ2v) is 10.8. The second-order valence-electron chi connectivity index (χ2n) is 7.82. The van der Waals surface area contributed by atoms with Crippen LogP contribution in [0.25, 0.3) is 0 Å². The summed E-state index contributed by atoms with van der Waals surface area (Å²) in [7, 11) is -3.71. The molecule has 0 radical (unpaired) electrons. The summed E-state index contributed by atoms with van der Waals surface area (Å²) in [6.07, 6.45) is 1.42. The van der Waals surface area contributed by atoms with Gasteiger partial charge in [-0.15, -0.1) is 11.3 Å². The molecule has 0 unspecified atom stereocenters. The molecule has 1 aliphatic heterocycles. The van der Waals surface area contributed by atoms with E-state index in [9.17, 15) is 13.2 Å². The van der Waals surface area contributed by atoms with E-state index in [1.165, 1.54) is 15.6 Å². The summed E-state index contributed by atoms with van der Waals surface area (Å²) in [6.45, 7) is 10.8. The zero-order valence-electron chi connectivity index (χ0n) is 17.6. The summed E-state index contributed by atoms with van der Waals surface area (Å²) in [5, 5.41) is 4.74. The topological polar surface area (TPSA) is 96.6 Å². The molecule has 0 aromatic carbocycles. The SMILES string of the molecule is Cc1nc(CC(C)C)sc1C(=O)N1CCCN(S(=O)(=O)c2c(C)noc2C)CC1. The number of rotatable bonds is 5. The molecular formula is C19H28N4O4S2. The normalized spacial score (nSPS) is 16.4. The molecule has 0 N–H and O–H groups in total. The number of carbonyl (C=O) groups is 1. The highest BCUT2D eigenvalue weighted by Crippen LogP contribution is 2.26. The summed E-state index contributed by atoms with van der Waals surface area (Å²) in [4.78, 5) is 20.1. The average molecular weight is 441 g/mol. The first kappa shape index (κ1) is 21.9. The van der Waals surface area contributed by atoms with Gasteiger partial charge in [-0.25, -0.2) is 13.4 Å². The van der Waals surface area contributed by atoms with Gasteiger partial charge in [0.15, 0.2) is 5.76 Å². The first-order valence-electron chi connectivity index (χ1n) is 9.79. The van der Waals surface area contributed by atoms with E-state index in [1.54, 1.807) is 18.7 Å². The zero-order chi connectivity index (χ0) is 21.3. The Labute approximate surface area is 175 Å². The van der Waals surface area contributed by atoms with E-state index >= 15 is 0 Å². The summed E-state index contributed by atoms with van der Waals surface area (Å²) < 4.78 is 32.6. The van der Waals surface area contributed by atoms with Crippen LogP contribution < -0.4 is 0 Å². The average Bonchev–Trinajstić information content (AvgIpc) is 3.04. The number of sulfonamides is 1. The lowest BCUT2D eigenvalue weighted by Gasteiger charge is -2.21. The Kier molecular flexibility index (Phi) is 6.45. The van der Waals surface area contributed by atoms with E-state index in [0.29, 0.717) is 42.5 Å². The third-order valence-corrected chi connectivity index (χ3v) is 8.24. The van der Waals surface area contributed by atoms with Gasteiger partial charge in [0, 0.05) is 32.6 Å². The molecule has 160 valence electrons. The van der Waals surface area contributed by atoms with E-state index in [4.69, 9.17) is 4.52 Å². The molecule has 0 bridgehead atoms. The molecule has 3 rings (SSSR count). The van der Waals surface area contributed by atoms with Crippen molar-refractivity contribution in [2.75, 3.05) is 26.2 Å². The van der Waals surface area contributed by atoms with Crippen molar-refractivity contribution in [1.82, 2.24) is 19.3 Å². The summed E-state index contributed by atoms with van der Waals surface area (Å²) in [6, 6.07) is 0. The first-order chi connectivity index (χ1) is 13.6. The van der Waals surface area contributed by atoms with Crippen molar-refractivity contribution in [2.45, 2.75) is 52.4 Å². The third kappa shape index (κ3) is 4.54. The van der Waals surface area contributed by atoms with Crippen molar-refractivity contribution in [1.29, 1.82) is 0 Å². The number of hydrogen-bond acceptors (Lipinski definition) is 7. The highest BCUT2D eigenvalue weighted by molar-refractivity contribution is 7.89. The van der Waals surface area contributed by atoms with Gasteiger partial charge in [-0.2, -0.15) is 4.31 Å². The van der Waals surface area contributed by atoms with Crippen LogP contribution in [0.5, 0.6) is 0 Å². The van der Waals surface area contributed by atoms with E-state index in [0.717, 1.165) is 17.1 Å². The molecule has 0 aliphatic carbocycles. The van der Waals surface area contributed by atoms with Gasteiger partial charge in [-0.3, -0.25) is 4.79 Å². The Morgan fingerprint density at radius 1 is 1.14 bits per heavy atom. The van der Waals surface area contributed by atoms with Crippen LogP contribution in [-0.2, 0) is 16.4 Å². The fourth-order valence-electron chi connectivity index (χ4n) is 3.54. The maximum Gasteiger partial charge on any atom is 0.265 e. The number of hydrogen-bond donors (Lipinski definition) is 0. The number of aryl methyl sites for hydroxylation is 3. The second kappa shape index (κ2) is 8.53. The standard InChI is InChI=1S/C19H28N4O4S2/c1-12(2)11-16-20-13(3)17(28-16)19(24)22-7-6-8-23(10-9-22)29(25,26)18-14(4)21-27-15(18)5/h12H,6-11H2,1-5H3. The van der Waals surface area contributed by atoms with Crippen LogP contribution in [0.2, 0.25) is 0 Å². The monoisotopic (exact) mass is 440 g/mol. The van der Waals surface area contributed by atoms with Crippen LogP contribution in [0, 0.1) is 26.7 Å². The van der Waals surface area contributed by atoms with Crippen molar-refractivity contribution >= 4 is 27.3 Å². The lowest BCUT2D eigenvalue weighted by molar-refractivity contribution is 0.0768. The predicted molar refractivity (Wildman–Crippen MR) is 111 cm³/mol. The molecule has 1 amide bonds. The minimum atomic E-state index is -3.71. The number of carbonyl (C=O) groups excluding carboxylic acids is 1. The molecule has 2 aromatic rings. The Morgan fingerprint density at radius 3 is 2.48 bits per heavy atom. The fourth-order valence-corrected chi connectivity index (χ4v) is 6.55. The van der Waals surface area contributed by atoms with Crippen LogP contribution in [0.3, 0.4) is 0 Å². The number of thiazole rings is 1. The Morgan fingerprint density at radius 2 is 1.86 bits per heavy atom. The molecule has 1 fully saturated rings. The van der Waals surface area contributed by atoms with Crippen LogP contribution in [0.1, 0.15) is 52.1 Å². The van der Waals surface area contributed by atoms with E-state index < -0.39 is 10.0 Å². The Hall–Kier alpha value is -1.78. The van der Waals surface area contributed by atoms with Crippen LogP contribution in [-0.4, -0.2) is 59.8 Å². The highest BCUT2D eigenvalue weighted by Gasteiger charge is 2.33. The molecule has 1 aliphatic rings. The summed E-state index contributed by atoms with van der Waals surface area (Å²) in [5.41, 5.74) is 1.11. The molecule has 29 heavy (non-hydrogen) atoms. The molecule has 0 saturated carbocycles. The highest BCUT2D eigenvalue weighted by atomic mass is 32.2. The lowest BCUT2D eigenvalue weighted by atomic mass is 10.1. The quantitative estimate of drug-likeness (QED) is 0.709. The van der Waals surface area contributed by atoms with Crippen LogP contribution in [0.4, 0.5) is 0 Å². The third-order valence-electron chi connectivity index (χ3n) is 4.93. The van der Waals surface area contributed by atoms with E-state index in [2.05, 4.69) is 24.0 Å². The molecule has 10 heteroatoms. The van der Waals surface area contributed by atoms with Gasteiger partial charge >= 0.3 is 0 Å². The zero-order valence-corrected chi connectivity index (χ0v) is 19.2.